The SMILES string of the molecule is COc1ccc(CNC(=O)[C@@H](C)NS(=O)(=O)c2ccc(OC)c(C)c2)cc1. The molecule has 0 radical (unpaired) electrons. The van der Waals surface area contributed by atoms with E-state index in [-0.39, 0.29) is 11.4 Å². The van der Waals surface area contributed by atoms with Crippen LogP contribution in [0, 0.1) is 6.92 Å². The number of amides is 1. The van der Waals surface area contributed by atoms with Crippen LogP contribution in [0.1, 0.15) is 18.1 Å². The summed E-state index contributed by atoms with van der Waals surface area (Å²) in [6.45, 7) is 3.54. The van der Waals surface area contributed by atoms with E-state index in [4.69, 9.17) is 9.47 Å². The van der Waals surface area contributed by atoms with Crippen LogP contribution in [0.5, 0.6) is 11.5 Å². The lowest BCUT2D eigenvalue weighted by atomic mass is 10.2. The Morgan fingerprint density at radius 2 is 1.74 bits per heavy atom. The molecule has 27 heavy (non-hydrogen) atoms. The predicted molar refractivity (Wildman–Crippen MR) is 102 cm³/mol. The number of sulfonamides is 1. The molecule has 1 atom stereocenters. The summed E-state index contributed by atoms with van der Waals surface area (Å²) >= 11 is 0. The van der Waals surface area contributed by atoms with Crippen molar-refractivity contribution in [3.8, 4) is 11.5 Å². The third-order valence-electron chi connectivity index (χ3n) is 4.03. The molecular weight excluding hydrogens is 368 g/mol. The fourth-order valence-electron chi connectivity index (χ4n) is 2.46. The average molecular weight is 392 g/mol. The quantitative estimate of drug-likeness (QED) is 0.717. The fourth-order valence-corrected chi connectivity index (χ4v) is 3.75. The first-order valence-electron chi connectivity index (χ1n) is 8.34. The maximum Gasteiger partial charge on any atom is 0.241 e. The Bertz CT molecular complexity index is 895. The number of methoxy groups -OCH3 is 2. The first kappa shape index (κ1) is 20.7. The lowest BCUT2D eigenvalue weighted by Crippen LogP contribution is -2.44. The van der Waals surface area contributed by atoms with Crippen LogP contribution in [-0.4, -0.2) is 34.6 Å². The molecule has 146 valence electrons. The Morgan fingerprint density at radius 1 is 1.07 bits per heavy atom. The van der Waals surface area contributed by atoms with Crippen LogP contribution >= 0.6 is 0 Å². The molecule has 0 aliphatic rings. The molecule has 2 aromatic carbocycles. The van der Waals surface area contributed by atoms with Crippen LogP contribution in [0.25, 0.3) is 0 Å². The van der Waals surface area contributed by atoms with Crippen LogP contribution in [0.2, 0.25) is 0 Å². The van der Waals surface area contributed by atoms with Gasteiger partial charge in [0.25, 0.3) is 0 Å². The highest BCUT2D eigenvalue weighted by Crippen LogP contribution is 2.21. The minimum Gasteiger partial charge on any atom is -0.497 e. The molecule has 0 bridgehead atoms. The summed E-state index contributed by atoms with van der Waals surface area (Å²) in [5.74, 6) is 0.903. The van der Waals surface area contributed by atoms with Crippen LogP contribution in [-0.2, 0) is 21.4 Å². The first-order valence-corrected chi connectivity index (χ1v) is 9.82. The average Bonchev–Trinajstić information content (AvgIpc) is 2.66. The van der Waals surface area contributed by atoms with Crippen molar-refractivity contribution in [3.63, 3.8) is 0 Å². The molecule has 0 aromatic heterocycles. The van der Waals surface area contributed by atoms with Gasteiger partial charge < -0.3 is 14.8 Å². The van der Waals surface area contributed by atoms with Gasteiger partial charge in [0.2, 0.25) is 15.9 Å². The van der Waals surface area contributed by atoms with Crippen molar-refractivity contribution in [2.45, 2.75) is 31.3 Å². The van der Waals surface area contributed by atoms with Gasteiger partial charge in [0.05, 0.1) is 25.2 Å². The predicted octanol–water partition coefficient (Wildman–Crippen LogP) is 2.00. The maximum atomic E-state index is 12.5. The van der Waals surface area contributed by atoms with E-state index in [1.807, 2.05) is 12.1 Å². The molecule has 0 aliphatic heterocycles. The van der Waals surface area contributed by atoms with Gasteiger partial charge in [-0.15, -0.1) is 0 Å². The molecule has 0 heterocycles. The van der Waals surface area contributed by atoms with E-state index in [0.29, 0.717) is 11.3 Å². The second kappa shape index (κ2) is 8.88. The van der Waals surface area contributed by atoms with Gasteiger partial charge in [-0.2, -0.15) is 4.72 Å². The molecule has 0 aliphatic carbocycles. The van der Waals surface area contributed by atoms with Gasteiger partial charge in [-0.3, -0.25) is 4.79 Å². The van der Waals surface area contributed by atoms with Crippen LogP contribution in [0.3, 0.4) is 0 Å². The van der Waals surface area contributed by atoms with E-state index in [1.165, 1.54) is 26.2 Å². The van der Waals surface area contributed by atoms with E-state index in [9.17, 15) is 13.2 Å². The summed E-state index contributed by atoms with van der Waals surface area (Å²) in [4.78, 5) is 12.3. The zero-order valence-electron chi connectivity index (χ0n) is 15.8. The van der Waals surface area contributed by atoms with Gasteiger partial charge >= 0.3 is 0 Å². The number of nitrogens with one attached hydrogen (secondary N) is 2. The largest absolute Gasteiger partial charge is 0.497 e. The molecule has 2 N–H and O–H groups in total. The lowest BCUT2D eigenvalue weighted by Gasteiger charge is -2.15. The van der Waals surface area contributed by atoms with Crippen molar-refractivity contribution >= 4 is 15.9 Å². The Kier molecular flexibility index (Phi) is 6.81. The number of ether oxygens (including phenoxy) is 2. The third kappa shape index (κ3) is 5.45. The maximum absolute atomic E-state index is 12.5. The third-order valence-corrected chi connectivity index (χ3v) is 5.57. The van der Waals surface area contributed by atoms with E-state index in [0.717, 1.165) is 11.3 Å². The summed E-state index contributed by atoms with van der Waals surface area (Å²) in [6.07, 6.45) is 0. The van der Waals surface area contributed by atoms with Crippen molar-refractivity contribution in [2.75, 3.05) is 14.2 Å². The molecule has 2 aromatic rings. The second-order valence-electron chi connectivity index (χ2n) is 6.04. The molecular formula is C19H24N2O5S. The van der Waals surface area contributed by atoms with Crippen molar-refractivity contribution in [3.05, 3.63) is 53.6 Å². The lowest BCUT2D eigenvalue weighted by molar-refractivity contribution is -0.122. The van der Waals surface area contributed by atoms with Gasteiger partial charge in [-0.1, -0.05) is 12.1 Å². The molecule has 7 nitrogen and oxygen atoms in total. The molecule has 0 fully saturated rings. The fraction of sp³-hybridized carbons (Fsp3) is 0.316. The Balaban J connectivity index is 1.98. The number of carbonyl (C=O) groups excluding carboxylic acids is 1. The molecule has 1 amide bonds. The van der Waals surface area contributed by atoms with E-state index in [2.05, 4.69) is 10.0 Å². The topological polar surface area (TPSA) is 93.7 Å². The van der Waals surface area contributed by atoms with Crippen molar-refractivity contribution in [2.24, 2.45) is 0 Å². The zero-order chi connectivity index (χ0) is 20.0. The number of benzene rings is 2. The van der Waals surface area contributed by atoms with Gasteiger partial charge in [0.15, 0.2) is 0 Å². The standard InChI is InChI=1S/C19H24N2O5S/c1-13-11-17(9-10-18(13)26-4)27(23,24)21-14(2)19(22)20-12-15-5-7-16(25-3)8-6-15/h5-11,14,21H,12H2,1-4H3,(H,20,22)/t14-/m1/s1. The van der Waals surface area contributed by atoms with Gasteiger partial charge in [-0.05, 0) is 55.3 Å². The highest BCUT2D eigenvalue weighted by Gasteiger charge is 2.22. The van der Waals surface area contributed by atoms with E-state index >= 15 is 0 Å². The Morgan fingerprint density at radius 3 is 2.30 bits per heavy atom. The molecule has 0 unspecified atom stereocenters. The smallest absolute Gasteiger partial charge is 0.241 e. The van der Waals surface area contributed by atoms with Crippen LogP contribution in [0.15, 0.2) is 47.4 Å². The Hall–Kier alpha value is -2.58. The van der Waals surface area contributed by atoms with Gasteiger partial charge in [0.1, 0.15) is 11.5 Å². The summed E-state index contributed by atoms with van der Waals surface area (Å²) < 4.78 is 37.6. The summed E-state index contributed by atoms with van der Waals surface area (Å²) in [6, 6.07) is 10.8. The summed E-state index contributed by atoms with van der Waals surface area (Å²) in [7, 11) is -0.731. The normalized spacial score (nSPS) is 12.3. The summed E-state index contributed by atoms with van der Waals surface area (Å²) in [5.41, 5.74) is 1.57. The minimum absolute atomic E-state index is 0.0793. The number of aryl methyl sites for hydroxylation is 1. The molecule has 0 spiro atoms. The highest BCUT2D eigenvalue weighted by molar-refractivity contribution is 7.89. The Labute approximate surface area is 159 Å². The number of hydrogen-bond donors (Lipinski definition) is 2. The highest BCUT2D eigenvalue weighted by atomic mass is 32.2. The van der Waals surface area contributed by atoms with Crippen molar-refractivity contribution < 1.29 is 22.7 Å². The molecule has 0 saturated heterocycles. The van der Waals surface area contributed by atoms with Gasteiger partial charge in [0, 0.05) is 6.54 Å². The number of hydrogen-bond acceptors (Lipinski definition) is 5. The van der Waals surface area contributed by atoms with Crippen LogP contribution < -0.4 is 19.5 Å². The molecule has 2 rings (SSSR count). The zero-order valence-corrected chi connectivity index (χ0v) is 16.6. The molecule has 8 heteroatoms. The van der Waals surface area contributed by atoms with Gasteiger partial charge in [-0.25, -0.2) is 8.42 Å². The monoisotopic (exact) mass is 392 g/mol. The van der Waals surface area contributed by atoms with Crippen molar-refractivity contribution in [1.82, 2.24) is 10.0 Å². The van der Waals surface area contributed by atoms with Crippen molar-refractivity contribution in [1.29, 1.82) is 0 Å². The molecule has 0 saturated carbocycles. The number of rotatable bonds is 8. The second-order valence-corrected chi connectivity index (χ2v) is 7.75. The van der Waals surface area contributed by atoms with E-state index < -0.39 is 22.0 Å². The minimum atomic E-state index is -3.83. The van der Waals surface area contributed by atoms with E-state index in [1.54, 1.807) is 32.2 Å². The first-order chi connectivity index (χ1) is 12.8. The number of carbonyl (C=O) groups is 1. The summed E-state index contributed by atoms with van der Waals surface area (Å²) in [5, 5.41) is 2.71. The van der Waals surface area contributed by atoms with Crippen LogP contribution in [0.4, 0.5) is 0 Å².